The first-order valence-electron chi connectivity index (χ1n) is 8.45. The largest absolute Gasteiger partial charge is 0.353 e. The smallest absolute Gasteiger partial charge is 0.254 e. The summed E-state index contributed by atoms with van der Waals surface area (Å²) in [6, 6.07) is 9.18. The Morgan fingerprint density at radius 3 is 2.61 bits per heavy atom. The zero-order valence-corrected chi connectivity index (χ0v) is 14.1. The summed E-state index contributed by atoms with van der Waals surface area (Å²) in [5.74, 6) is -0.123. The molecule has 1 fully saturated rings. The number of benzene rings is 1. The summed E-state index contributed by atoms with van der Waals surface area (Å²) in [6.07, 6.45) is 2.64. The van der Waals surface area contributed by atoms with Crippen LogP contribution in [0.4, 0.5) is 0 Å². The molecule has 126 valence electrons. The van der Waals surface area contributed by atoms with E-state index in [2.05, 4.69) is 17.6 Å². The molecular formula is C18H27N3O2. The molecule has 0 aromatic heterocycles. The van der Waals surface area contributed by atoms with Crippen molar-refractivity contribution >= 4 is 11.8 Å². The lowest BCUT2D eigenvalue weighted by molar-refractivity contribution is -0.129. The molecule has 2 N–H and O–H groups in total. The third-order valence-electron chi connectivity index (χ3n) is 4.41. The third-order valence-corrected chi connectivity index (χ3v) is 4.41. The van der Waals surface area contributed by atoms with E-state index in [0.29, 0.717) is 25.1 Å². The van der Waals surface area contributed by atoms with E-state index >= 15 is 0 Å². The third kappa shape index (κ3) is 4.10. The van der Waals surface area contributed by atoms with Crippen LogP contribution in [0.15, 0.2) is 30.3 Å². The lowest BCUT2D eigenvalue weighted by atomic mass is 9.97. The molecule has 0 aliphatic carbocycles. The Morgan fingerprint density at radius 2 is 1.91 bits per heavy atom. The molecule has 5 nitrogen and oxygen atoms in total. The van der Waals surface area contributed by atoms with E-state index in [1.54, 1.807) is 17.0 Å². The Kier molecular flexibility index (Phi) is 6.16. The van der Waals surface area contributed by atoms with Crippen LogP contribution in [0.2, 0.25) is 0 Å². The highest BCUT2D eigenvalue weighted by molar-refractivity contribution is 5.99. The molecule has 2 rings (SSSR count). The molecule has 1 unspecified atom stereocenters. The standard InChI is InChI=1S/C18H27N3O2/c1-3-11-19-12-13-20-17(23)18(2)10-7-14-21(18)16(22)15-8-5-4-6-9-15/h4-6,8-9,19H,3,7,10-14H2,1-2H3,(H,20,23). The van der Waals surface area contributed by atoms with Crippen LogP contribution in [0.5, 0.6) is 0 Å². The van der Waals surface area contributed by atoms with Crippen molar-refractivity contribution in [1.82, 2.24) is 15.5 Å². The van der Waals surface area contributed by atoms with Crippen molar-refractivity contribution in [2.45, 2.75) is 38.6 Å². The first kappa shape index (κ1) is 17.5. The van der Waals surface area contributed by atoms with Crippen molar-refractivity contribution in [1.29, 1.82) is 0 Å². The maximum Gasteiger partial charge on any atom is 0.254 e. The van der Waals surface area contributed by atoms with Gasteiger partial charge in [-0.1, -0.05) is 25.1 Å². The normalized spacial score (nSPS) is 20.5. The van der Waals surface area contributed by atoms with Crippen LogP contribution in [0.25, 0.3) is 0 Å². The predicted molar refractivity (Wildman–Crippen MR) is 91.3 cm³/mol. The van der Waals surface area contributed by atoms with Gasteiger partial charge in [0.2, 0.25) is 5.91 Å². The maximum atomic E-state index is 12.7. The molecule has 23 heavy (non-hydrogen) atoms. The number of rotatable bonds is 7. The highest BCUT2D eigenvalue weighted by Crippen LogP contribution is 2.30. The SMILES string of the molecule is CCCNCCNC(=O)C1(C)CCCN1C(=O)c1ccccc1. The first-order chi connectivity index (χ1) is 11.1. The van der Waals surface area contributed by atoms with Crippen LogP contribution in [0.3, 0.4) is 0 Å². The predicted octanol–water partition coefficient (Wildman–Crippen LogP) is 1.80. The van der Waals surface area contributed by atoms with Crippen LogP contribution in [-0.2, 0) is 4.79 Å². The van der Waals surface area contributed by atoms with Crippen molar-refractivity contribution in [2.24, 2.45) is 0 Å². The number of carbonyl (C=O) groups excluding carboxylic acids is 2. The van der Waals surface area contributed by atoms with Gasteiger partial charge in [-0.2, -0.15) is 0 Å². The molecule has 1 heterocycles. The zero-order chi connectivity index (χ0) is 16.7. The number of nitrogens with zero attached hydrogens (tertiary/aromatic N) is 1. The average molecular weight is 317 g/mol. The fourth-order valence-electron chi connectivity index (χ4n) is 3.02. The summed E-state index contributed by atoms with van der Waals surface area (Å²) in [4.78, 5) is 27.0. The van der Waals surface area contributed by atoms with E-state index in [9.17, 15) is 9.59 Å². The van der Waals surface area contributed by atoms with Gasteiger partial charge in [0.1, 0.15) is 5.54 Å². The number of nitrogens with one attached hydrogen (secondary N) is 2. The molecular weight excluding hydrogens is 290 g/mol. The average Bonchev–Trinajstić information content (AvgIpc) is 2.97. The minimum Gasteiger partial charge on any atom is -0.353 e. The molecule has 0 bridgehead atoms. The number of likely N-dealkylation sites (tertiary alicyclic amines) is 1. The Bertz CT molecular complexity index is 532. The second-order valence-corrected chi connectivity index (χ2v) is 6.21. The second kappa shape index (κ2) is 8.11. The van der Waals surface area contributed by atoms with Crippen molar-refractivity contribution in [3.63, 3.8) is 0 Å². The van der Waals surface area contributed by atoms with Crippen LogP contribution in [0.1, 0.15) is 43.5 Å². The zero-order valence-electron chi connectivity index (χ0n) is 14.1. The topological polar surface area (TPSA) is 61.4 Å². The van der Waals surface area contributed by atoms with Gasteiger partial charge < -0.3 is 15.5 Å². The van der Waals surface area contributed by atoms with E-state index in [0.717, 1.165) is 25.9 Å². The summed E-state index contributed by atoms with van der Waals surface area (Å²) in [7, 11) is 0. The fraction of sp³-hybridized carbons (Fsp3) is 0.556. The van der Waals surface area contributed by atoms with E-state index in [1.165, 1.54) is 0 Å². The van der Waals surface area contributed by atoms with Gasteiger partial charge in [-0.3, -0.25) is 9.59 Å². The molecule has 1 aliphatic rings. The lowest BCUT2D eigenvalue weighted by Crippen LogP contribution is -2.56. The lowest BCUT2D eigenvalue weighted by Gasteiger charge is -2.34. The van der Waals surface area contributed by atoms with Crippen LogP contribution >= 0.6 is 0 Å². The van der Waals surface area contributed by atoms with Gasteiger partial charge in [-0.25, -0.2) is 0 Å². The fourth-order valence-corrected chi connectivity index (χ4v) is 3.02. The van der Waals surface area contributed by atoms with Crippen molar-refractivity contribution < 1.29 is 9.59 Å². The second-order valence-electron chi connectivity index (χ2n) is 6.21. The summed E-state index contributed by atoms with van der Waals surface area (Å²) in [5, 5.41) is 6.22. The minimum absolute atomic E-state index is 0.0578. The maximum absolute atomic E-state index is 12.7. The van der Waals surface area contributed by atoms with E-state index in [1.807, 2.05) is 25.1 Å². The van der Waals surface area contributed by atoms with Gasteiger partial charge in [-0.05, 0) is 44.9 Å². The van der Waals surface area contributed by atoms with Gasteiger partial charge in [0.15, 0.2) is 0 Å². The van der Waals surface area contributed by atoms with Crippen LogP contribution < -0.4 is 10.6 Å². The van der Waals surface area contributed by atoms with Gasteiger partial charge in [0.05, 0.1) is 0 Å². The highest BCUT2D eigenvalue weighted by atomic mass is 16.2. The van der Waals surface area contributed by atoms with Crippen LogP contribution in [-0.4, -0.2) is 48.4 Å². The molecule has 0 radical (unpaired) electrons. The Balaban J connectivity index is 1.98. The molecule has 1 saturated heterocycles. The van der Waals surface area contributed by atoms with E-state index < -0.39 is 5.54 Å². The molecule has 1 aliphatic heterocycles. The summed E-state index contributed by atoms with van der Waals surface area (Å²) < 4.78 is 0. The number of hydrogen-bond acceptors (Lipinski definition) is 3. The highest BCUT2D eigenvalue weighted by Gasteiger charge is 2.45. The van der Waals surface area contributed by atoms with Gasteiger partial charge in [0.25, 0.3) is 5.91 Å². The van der Waals surface area contributed by atoms with Crippen molar-refractivity contribution in [3.8, 4) is 0 Å². The Hall–Kier alpha value is -1.88. The van der Waals surface area contributed by atoms with Crippen molar-refractivity contribution in [2.75, 3.05) is 26.2 Å². The van der Waals surface area contributed by atoms with E-state index in [4.69, 9.17) is 0 Å². The minimum atomic E-state index is -0.752. The van der Waals surface area contributed by atoms with E-state index in [-0.39, 0.29) is 11.8 Å². The number of amides is 2. The first-order valence-corrected chi connectivity index (χ1v) is 8.45. The molecule has 5 heteroatoms. The Labute approximate surface area is 138 Å². The molecule has 1 aromatic carbocycles. The molecule has 1 atom stereocenters. The molecule has 0 spiro atoms. The van der Waals surface area contributed by atoms with Gasteiger partial charge in [0, 0.05) is 25.2 Å². The molecule has 2 amide bonds. The van der Waals surface area contributed by atoms with Gasteiger partial charge >= 0.3 is 0 Å². The summed E-state index contributed by atoms with van der Waals surface area (Å²) in [5.41, 5.74) is -0.115. The molecule has 1 aromatic rings. The monoisotopic (exact) mass is 317 g/mol. The van der Waals surface area contributed by atoms with Crippen LogP contribution in [0, 0.1) is 0 Å². The number of hydrogen-bond donors (Lipinski definition) is 2. The quantitative estimate of drug-likeness (QED) is 0.754. The van der Waals surface area contributed by atoms with Gasteiger partial charge in [-0.15, -0.1) is 0 Å². The summed E-state index contributed by atoms with van der Waals surface area (Å²) >= 11 is 0. The Morgan fingerprint density at radius 1 is 1.17 bits per heavy atom. The molecule has 0 saturated carbocycles. The van der Waals surface area contributed by atoms with Crippen molar-refractivity contribution in [3.05, 3.63) is 35.9 Å². The number of carbonyl (C=O) groups is 2. The summed E-state index contributed by atoms with van der Waals surface area (Å²) in [6.45, 7) is 6.90.